The van der Waals surface area contributed by atoms with Crippen LogP contribution < -0.4 is 15.0 Å². The van der Waals surface area contributed by atoms with Gasteiger partial charge < -0.3 is 15.0 Å². The van der Waals surface area contributed by atoms with Crippen molar-refractivity contribution in [3.8, 4) is 5.75 Å². The number of pyridine rings is 1. The van der Waals surface area contributed by atoms with Crippen LogP contribution in [0.5, 0.6) is 5.75 Å². The summed E-state index contributed by atoms with van der Waals surface area (Å²) >= 11 is 0. The average Bonchev–Trinajstić information content (AvgIpc) is 2.53. The number of ether oxygens (including phenoxy) is 1. The summed E-state index contributed by atoms with van der Waals surface area (Å²) in [4.78, 5) is 18.1. The standard InChI is InChI=1S/C18H23N3O2/c1-14-7-4-5-8-16(14)23-12-6-9-18(22)20-17-11-10-15(13-19-17)21(2)3/h4-5,7-8,10-11,13H,6,9,12H2,1-3H3,(H,19,20,22). The largest absolute Gasteiger partial charge is 0.493 e. The zero-order valence-corrected chi connectivity index (χ0v) is 13.9. The number of anilines is 2. The highest BCUT2D eigenvalue weighted by atomic mass is 16.5. The molecule has 1 N–H and O–H groups in total. The Morgan fingerprint density at radius 1 is 1.22 bits per heavy atom. The molecule has 2 aromatic rings. The second kappa shape index (κ2) is 8.17. The van der Waals surface area contributed by atoms with E-state index >= 15 is 0 Å². The molecular formula is C18H23N3O2. The minimum atomic E-state index is -0.0523. The Morgan fingerprint density at radius 3 is 2.65 bits per heavy atom. The van der Waals surface area contributed by atoms with Gasteiger partial charge >= 0.3 is 0 Å². The van der Waals surface area contributed by atoms with Crippen LogP contribution in [-0.4, -0.2) is 31.6 Å². The van der Waals surface area contributed by atoms with Crippen molar-refractivity contribution in [3.05, 3.63) is 48.2 Å². The lowest BCUT2D eigenvalue weighted by Gasteiger charge is -2.12. The molecular weight excluding hydrogens is 290 g/mol. The lowest BCUT2D eigenvalue weighted by atomic mass is 10.2. The maximum Gasteiger partial charge on any atom is 0.225 e. The van der Waals surface area contributed by atoms with Crippen LogP contribution in [0.15, 0.2) is 42.6 Å². The van der Waals surface area contributed by atoms with E-state index in [0.717, 1.165) is 17.0 Å². The van der Waals surface area contributed by atoms with Gasteiger partial charge in [-0.3, -0.25) is 4.79 Å². The van der Waals surface area contributed by atoms with Crippen molar-refractivity contribution in [2.75, 3.05) is 30.9 Å². The molecule has 23 heavy (non-hydrogen) atoms. The number of para-hydroxylation sites is 1. The summed E-state index contributed by atoms with van der Waals surface area (Å²) < 4.78 is 5.68. The number of rotatable bonds is 7. The highest BCUT2D eigenvalue weighted by molar-refractivity contribution is 5.89. The van der Waals surface area contributed by atoms with Crippen molar-refractivity contribution < 1.29 is 9.53 Å². The van der Waals surface area contributed by atoms with E-state index in [1.165, 1.54) is 0 Å². The van der Waals surface area contributed by atoms with E-state index in [-0.39, 0.29) is 5.91 Å². The first-order chi connectivity index (χ1) is 11.1. The molecule has 0 saturated heterocycles. The number of carbonyl (C=O) groups is 1. The summed E-state index contributed by atoms with van der Waals surface area (Å²) in [6.07, 6.45) is 2.80. The van der Waals surface area contributed by atoms with Gasteiger partial charge in [0, 0.05) is 20.5 Å². The van der Waals surface area contributed by atoms with Crippen LogP contribution in [0.2, 0.25) is 0 Å². The van der Waals surface area contributed by atoms with E-state index in [0.29, 0.717) is 25.3 Å². The summed E-state index contributed by atoms with van der Waals surface area (Å²) in [7, 11) is 3.90. The molecule has 0 saturated carbocycles. The number of amides is 1. The summed E-state index contributed by atoms with van der Waals surface area (Å²) in [6.45, 7) is 2.52. The Balaban J connectivity index is 1.72. The van der Waals surface area contributed by atoms with Gasteiger partial charge in [0.05, 0.1) is 18.5 Å². The highest BCUT2D eigenvalue weighted by Gasteiger charge is 2.05. The molecule has 2 rings (SSSR count). The molecule has 5 nitrogen and oxygen atoms in total. The molecule has 0 aliphatic heterocycles. The van der Waals surface area contributed by atoms with Gasteiger partial charge in [-0.1, -0.05) is 18.2 Å². The van der Waals surface area contributed by atoms with Crippen LogP contribution in [-0.2, 0) is 4.79 Å². The predicted molar refractivity (Wildman–Crippen MR) is 93.1 cm³/mol. The van der Waals surface area contributed by atoms with E-state index in [1.54, 1.807) is 12.3 Å². The second-order valence-electron chi connectivity index (χ2n) is 5.56. The van der Waals surface area contributed by atoms with Crippen molar-refractivity contribution in [1.82, 2.24) is 4.98 Å². The number of hydrogen-bond donors (Lipinski definition) is 1. The third-order valence-electron chi connectivity index (χ3n) is 3.43. The molecule has 122 valence electrons. The van der Waals surface area contributed by atoms with Crippen LogP contribution in [0.25, 0.3) is 0 Å². The fourth-order valence-corrected chi connectivity index (χ4v) is 2.06. The fourth-order valence-electron chi connectivity index (χ4n) is 2.06. The Labute approximate surface area is 137 Å². The molecule has 1 heterocycles. The van der Waals surface area contributed by atoms with Gasteiger partial charge in [0.2, 0.25) is 5.91 Å². The van der Waals surface area contributed by atoms with Gasteiger partial charge in [-0.05, 0) is 37.1 Å². The second-order valence-corrected chi connectivity index (χ2v) is 5.56. The van der Waals surface area contributed by atoms with Crippen LogP contribution in [0.1, 0.15) is 18.4 Å². The molecule has 0 spiro atoms. The maximum absolute atomic E-state index is 11.9. The van der Waals surface area contributed by atoms with Gasteiger partial charge in [-0.15, -0.1) is 0 Å². The smallest absolute Gasteiger partial charge is 0.225 e. The molecule has 0 fully saturated rings. The topological polar surface area (TPSA) is 54.5 Å². The first-order valence-corrected chi connectivity index (χ1v) is 7.68. The fraction of sp³-hybridized carbons (Fsp3) is 0.333. The average molecular weight is 313 g/mol. The van der Waals surface area contributed by atoms with Crippen molar-refractivity contribution in [3.63, 3.8) is 0 Å². The monoisotopic (exact) mass is 313 g/mol. The number of nitrogens with zero attached hydrogens (tertiary/aromatic N) is 2. The summed E-state index contributed by atoms with van der Waals surface area (Å²) in [5.41, 5.74) is 2.09. The third-order valence-corrected chi connectivity index (χ3v) is 3.43. The van der Waals surface area contributed by atoms with Gasteiger partial charge in [0.25, 0.3) is 0 Å². The number of nitrogens with one attached hydrogen (secondary N) is 1. The lowest BCUT2D eigenvalue weighted by molar-refractivity contribution is -0.116. The molecule has 0 aliphatic rings. The van der Waals surface area contributed by atoms with Crippen LogP contribution in [0, 0.1) is 6.92 Å². The van der Waals surface area contributed by atoms with Crippen LogP contribution in [0.3, 0.4) is 0 Å². The minimum absolute atomic E-state index is 0.0523. The van der Waals surface area contributed by atoms with Crippen LogP contribution >= 0.6 is 0 Å². The zero-order chi connectivity index (χ0) is 16.7. The highest BCUT2D eigenvalue weighted by Crippen LogP contribution is 2.16. The number of benzene rings is 1. The quantitative estimate of drug-likeness (QED) is 0.797. The number of carbonyl (C=O) groups excluding carboxylic acids is 1. The summed E-state index contributed by atoms with van der Waals surface area (Å²) in [5, 5.41) is 2.79. The van der Waals surface area contributed by atoms with E-state index in [9.17, 15) is 4.79 Å². The van der Waals surface area contributed by atoms with E-state index in [1.807, 2.05) is 56.3 Å². The summed E-state index contributed by atoms with van der Waals surface area (Å²) in [5.74, 6) is 1.39. The normalized spacial score (nSPS) is 10.2. The molecule has 1 aromatic carbocycles. The lowest BCUT2D eigenvalue weighted by Crippen LogP contribution is -2.14. The molecule has 1 aromatic heterocycles. The Kier molecular flexibility index (Phi) is 5.97. The first-order valence-electron chi connectivity index (χ1n) is 7.68. The van der Waals surface area contributed by atoms with Crippen molar-refractivity contribution in [1.29, 1.82) is 0 Å². The van der Waals surface area contributed by atoms with Gasteiger partial charge in [-0.2, -0.15) is 0 Å². The van der Waals surface area contributed by atoms with Gasteiger partial charge in [-0.25, -0.2) is 4.98 Å². The van der Waals surface area contributed by atoms with Gasteiger partial charge in [0.1, 0.15) is 11.6 Å². The maximum atomic E-state index is 11.9. The SMILES string of the molecule is Cc1ccccc1OCCCC(=O)Nc1ccc(N(C)C)cn1. The molecule has 0 bridgehead atoms. The van der Waals surface area contributed by atoms with E-state index in [2.05, 4.69) is 10.3 Å². The molecule has 1 amide bonds. The molecule has 0 radical (unpaired) electrons. The Morgan fingerprint density at radius 2 is 2.00 bits per heavy atom. The molecule has 0 atom stereocenters. The Hall–Kier alpha value is -2.56. The molecule has 0 aliphatic carbocycles. The number of aromatic nitrogens is 1. The van der Waals surface area contributed by atoms with Crippen molar-refractivity contribution in [2.45, 2.75) is 19.8 Å². The molecule has 0 unspecified atom stereocenters. The zero-order valence-electron chi connectivity index (χ0n) is 13.9. The van der Waals surface area contributed by atoms with E-state index in [4.69, 9.17) is 4.74 Å². The van der Waals surface area contributed by atoms with Crippen molar-refractivity contribution >= 4 is 17.4 Å². The minimum Gasteiger partial charge on any atom is -0.493 e. The number of hydrogen-bond acceptors (Lipinski definition) is 4. The summed E-state index contributed by atoms with van der Waals surface area (Å²) in [6, 6.07) is 11.6. The number of aryl methyl sites for hydroxylation is 1. The van der Waals surface area contributed by atoms with E-state index < -0.39 is 0 Å². The first kappa shape index (κ1) is 16.8. The van der Waals surface area contributed by atoms with Crippen LogP contribution in [0.4, 0.5) is 11.5 Å². The third kappa shape index (κ3) is 5.29. The Bertz CT molecular complexity index is 639. The van der Waals surface area contributed by atoms with Gasteiger partial charge in [0.15, 0.2) is 0 Å². The predicted octanol–water partition coefficient (Wildman–Crippen LogP) is 3.25. The van der Waals surface area contributed by atoms with Crippen molar-refractivity contribution in [2.24, 2.45) is 0 Å². The molecule has 5 heteroatoms.